The summed E-state index contributed by atoms with van der Waals surface area (Å²) in [6.07, 6.45) is 10.8. The van der Waals surface area contributed by atoms with E-state index in [0.717, 1.165) is 62.9 Å². The average Bonchev–Trinajstić information content (AvgIpc) is 3.28. The molecule has 2 heterocycles. The predicted molar refractivity (Wildman–Crippen MR) is 147 cm³/mol. The standard InChI is InChI=1S/C32H40F2N2O2/c1-4-25-17-24(11-12-30(25)34)8-5-7-23-13-15-35(16-14-23)19-27-20-36(31(22(2)3)32(37)38)21-29(27)26-9-6-10-28(33)18-26/h1,6,9-12,17-18,22-23,27,29,31H,5,7-8,13-16,19-21H2,2-3H3,(H,37,38). The molecule has 2 fully saturated rings. The van der Waals surface area contributed by atoms with E-state index in [1.807, 2.05) is 26.0 Å². The van der Waals surface area contributed by atoms with Crippen LogP contribution in [0.5, 0.6) is 0 Å². The number of carboxylic acids is 1. The molecule has 2 aromatic carbocycles. The largest absolute Gasteiger partial charge is 0.480 e. The number of hydrogen-bond donors (Lipinski definition) is 1. The number of aliphatic carboxylic acids is 1. The van der Waals surface area contributed by atoms with Gasteiger partial charge in [0.15, 0.2) is 0 Å². The molecule has 0 spiro atoms. The SMILES string of the molecule is C#Cc1cc(CCCC2CCN(CC3CN(C(C(=O)O)C(C)C)CC3c3cccc(F)c3)CC2)ccc1F. The van der Waals surface area contributed by atoms with Gasteiger partial charge in [0.25, 0.3) is 0 Å². The highest BCUT2D eigenvalue weighted by molar-refractivity contribution is 5.73. The minimum atomic E-state index is -0.782. The van der Waals surface area contributed by atoms with Crippen LogP contribution in [0, 0.1) is 41.7 Å². The summed E-state index contributed by atoms with van der Waals surface area (Å²) in [5.41, 5.74) is 2.39. The number of nitrogens with zero attached hydrogens (tertiary/aromatic N) is 2. The minimum Gasteiger partial charge on any atom is -0.480 e. The molecule has 0 bridgehead atoms. The van der Waals surface area contributed by atoms with Crippen molar-refractivity contribution in [1.82, 2.24) is 9.80 Å². The maximum atomic E-state index is 14.1. The molecule has 0 amide bonds. The van der Waals surface area contributed by atoms with E-state index in [1.54, 1.807) is 18.2 Å². The summed E-state index contributed by atoms with van der Waals surface area (Å²) in [5.74, 6) is 2.11. The fourth-order valence-corrected chi connectivity index (χ4v) is 6.52. The fraction of sp³-hybridized carbons (Fsp3) is 0.531. The van der Waals surface area contributed by atoms with Gasteiger partial charge in [-0.2, -0.15) is 0 Å². The van der Waals surface area contributed by atoms with Crippen molar-refractivity contribution >= 4 is 5.97 Å². The van der Waals surface area contributed by atoms with E-state index >= 15 is 0 Å². The van der Waals surface area contributed by atoms with Crippen LogP contribution in [0.1, 0.15) is 62.1 Å². The number of piperidine rings is 1. The molecule has 3 unspecified atom stereocenters. The summed E-state index contributed by atoms with van der Waals surface area (Å²) in [6.45, 7) is 8.23. The predicted octanol–water partition coefficient (Wildman–Crippen LogP) is 5.81. The topological polar surface area (TPSA) is 43.8 Å². The van der Waals surface area contributed by atoms with Gasteiger partial charge in [-0.15, -0.1) is 6.42 Å². The maximum Gasteiger partial charge on any atom is 0.321 e. The van der Waals surface area contributed by atoms with Crippen molar-refractivity contribution in [3.05, 3.63) is 70.8 Å². The Morgan fingerprint density at radius 3 is 2.55 bits per heavy atom. The van der Waals surface area contributed by atoms with Gasteiger partial charge in [-0.25, -0.2) is 8.78 Å². The van der Waals surface area contributed by atoms with Crippen LogP contribution in [0.3, 0.4) is 0 Å². The zero-order valence-electron chi connectivity index (χ0n) is 22.6. The molecule has 2 aliphatic heterocycles. The number of aryl methyl sites for hydroxylation is 1. The molecule has 3 atom stereocenters. The van der Waals surface area contributed by atoms with Crippen molar-refractivity contribution in [2.75, 3.05) is 32.7 Å². The third-order valence-corrected chi connectivity index (χ3v) is 8.49. The fourth-order valence-electron chi connectivity index (χ4n) is 6.52. The number of hydrogen-bond acceptors (Lipinski definition) is 3. The van der Waals surface area contributed by atoms with E-state index in [9.17, 15) is 18.7 Å². The number of carboxylic acid groups (broad SMARTS) is 1. The summed E-state index contributed by atoms with van der Waals surface area (Å²) >= 11 is 0. The van der Waals surface area contributed by atoms with E-state index in [4.69, 9.17) is 6.42 Å². The quantitative estimate of drug-likeness (QED) is 0.400. The van der Waals surface area contributed by atoms with Crippen molar-refractivity contribution in [1.29, 1.82) is 0 Å². The van der Waals surface area contributed by atoms with Crippen LogP contribution in [0.25, 0.3) is 0 Å². The first-order valence-corrected chi connectivity index (χ1v) is 13.9. The lowest BCUT2D eigenvalue weighted by atomic mass is 9.86. The lowest BCUT2D eigenvalue weighted by molar-refractivity contribution is -0.144. The Hall–Kier alpha value is -2.75. The summed E-state index contributed by atoms with van der Waals surface area (Å²) < 4.78 is 27.7. The Bertz CT molecular complexity index is 1140. The molecule has 0 aromatic heterocycles. The van der Waals surface area contributed by atoms with Gasteiger partial charge < -0.3 is 10.0 Å². The highest BCUT2D eigenvalue weighted by Crippen LogP contribution is 2.36. The number of terminal acetylenes is 1. The van der Waals surface area contributed by atoms with Crippen LogP contribution in [0.4, 0.5) is 8.78 Å². The second-order valence-electron chi connectivity index (χ2n) is 11.5. The molecule has 4 nitrogen and oxygen atoms in total. The van der Waals surface area contributed by atoms with E-state index < -0.39 is 12.0 Å². The number of benzene rings is 2. The molecule has 4 rings (SSSR count). The summed E-state index contributed by atoms with van der Waals surface area (Å²) in [4.78, 5) is 16.7. The van der Waals surface area contributed by atoms with E-state index in [-0.39, 0.29) is 29.4 Å². The van der Waals surface area contributed by atoms with Crippen LogP contribution < -0.4 is 0 Å². The van der Waals surface area contributed by atoms with Crippen molar-refractivity contribution < 1.29 is 18.7 Å². The molecular formula is C32H40F2N2O2. The van der Waals surface area contributed by atoms with Crippen molar-refractivity contribution in [2.45, 2.75) is 57.9 Å². The number of halogens is 2. The monoisotopic (exact) mass is 522 g/mol. The molecular weight excluding hydrogens is 482 g/mol. The summed E-state index contributed by atoms with van der Waals surface area (Å²) in [7, 11) is 0. The van der Waals surface area contributed by atoms with Crippen molar-refractivity contribution in [3.8, 4) is 12.3 Å². The number of likely N-dealkylation sites (tertiary alicyclic amines) is 2. The van der Waals surface area contributed by atoms with E-state index in [0.29, 0.717) is 24.6 Å². The van der Waals surface area contributed by atoms with Crippen LogP contribution in [-0.2, 0) is 11.2 Å². The van der Waals surface area contributed by atoms with Gasteiger partial charge >= 0.3 is 5.97 Å². The molecule has 2 aliphatic rings. The van der Waals surface area contributed by atoms with Crippen LogP contribution in [0.2, 0.25) is 0 Å². The van der Waals surface area contributed by atoms with Crippen LogP contribution in [-0.4, -0.2) is 59.6 Å². The maximum absolute atomic E-state index is 14.1. The van der Waals surface area contributed by atoms with Crippen molar-refractivity contribution in [3.63, 3.8) is 0 Å². The third kappa shape index (κ3) is 7.01. The second-order valence-corrected chi connectivity index (χ2v) is 11.5. The van der Waals surface area contributed by atoms with Gasteiger partial charge in [-0.1, -0.05) is 44.4 Å². The highest BCUT2D eigenvalue weighted by atomic mass is 19.1. The lowest BCUT2D eigenvalue weighted by Crippen LogP contribution is -2.44. The molecule has 6 heteroatoms. The Balaban J connectivity index is 1.32. The Morgan fingerprint density at radius 2 is 1.89 bits per heavy atom. The summed E-state index contributed by atoms with van der Waals surface area (Å²) in [6, 6.07) is 11.4. The molecule has 38 heavy (non-hydrogen) atoms. The van der Waals surface area contributed by atoms with Gasteiger partial charge in [0, 0.05) is 25.6 Å². The first-order valence-electron chi connectivity index (χ1n) is 13.9. The van der Waals surface area contributed by atoms with E-state index in [2.05, 4.69) is 15.7 Å². The molecule has 1 N–H and O–H groups in total. The van der Waals surface area contributed by atoms with Crippen molar-refractivity contribution in [2.24, 2.45) is 17.8 Å². The van der Waals surface area contributed by atoms with Gasteiger partial charge in [0.05, 0.1) is 5.56 Å². The smallest absolute Gasteiger partial charge is 0.321 e. The lowest BCUT2D eigenvalue weighted by Gasteiger charge is -2.35. The Kier molecular flexibility index (Phi) is 9.57. The number of rotatable bonds is 10. The minimum absolute atomic E-state index is 0.00298. The zero-order chi connectivity index (χ0) is 27.2. The van der Waals surface area contributed by atoms with Gasteiger partial charge in [-0.3, -0.25) is 9.69 Å². The first kappa shape index (κ1) is 28.3. The molecule has 0 radical (unpaired) electrons. The molecule has 2 aromatic rings. The Morgan fingerprint density at radius 1 is 1.13 bits per heavy atom. The summed E-state index contributed by atoms with van der Waals surface area (Å²) in [5, 5.41) is 9.89. The van der Waals surface area contributed by atoms with Gasteiger partial charge in [0.1, 0.15) is 17.7 Å². The average molecular weight is 523 g/mol. The first-order chi connectivity index (χ1) is 18.2. The zero-order valence-corrected chi connectivity index (χ0v) is 22.6. The van der Waals surface area contributed by atoms with Gasteiger partial charge in [0.2, 0.25) is 0 Å². The molecule has 0 aliphatic carbocycles. The normalized spacial score (nSPS) is 22.0. The molecule has 0 saturated carbocycles. The van der Waals surface area contributed by atoms with Crippen LogP contribution in [0.15, 0.2) is 42.5 Å². The highest BCUT2D eigenvalue weighted by Gasteiger charge is 2.41. The van der Waals surface area contributed by atoms with Gasteiger partial charge in [-0.05, 0) is 91.9 Å². The van der Waals surface area contributed by atoms with Crippen LogP contribution >= 0.6 is 0 Å². The molecule has 204 valence electrons. The third-order valence-electron chi connectivity index (χ3n) is 8.49. The van der Waals surface area contributed by atoms with E-state index in [1.165, 1.54) is 12.1 Å². The second kappa shape index (κ2) is 12.9. The number of carbonyl (C=O) groups is 1. The molecule has 2 saturated heterocycles. The Labute approximate surface area is 226 Å².